The van der Waals surface area contributed by atoms with Gasteiger partial charge in [-0.05, 0) is 44.4 Å². The van der Waals surface area contributed by atoms with E-state index in [0.29, 0.717) is 16.9 Å². The minimum atomic E-state index is 0.366. The van der Waals surface area contributed by atoms with Gasteiger partial charge in [-0.2, -0.15) is 0 Å². The van der Waals surface area contributed by atoms with Crippen molar-refractivity contribution in [2.24, 2.45) is 17.6 Å². The Morgan fingerprint density at radius 1 is 1.42 bits per heavy atom. The molecule has 1 atom stereocenters. The van der Waals surface area contributed by atoms with Crippen molar-refractivity contribution in [3.05, 3.63) is 11.4 Å². The van der Waals surface area contributed by atoms with Crippen molar-refractivity contribution in [1.82, 2.24) is 15.0 Å². The fraction of sp³-hybridized carbons (Fsp3) is 0.786. The number of rotatable bonds is 6. The van der Waals surface area contributed by atoms with Gasteiger partial charge in [0, 0.05) is 0 Å². The lowest BCUT2D eigenvalue weighted by atomic mass is 9.80. The Morgan fingerprint density at radius 2 is 2.11 bits per heavy atom. The second-order valence-electron chi connectivity index (χ2n) is 6.06. The van der Waals surface area contributed by atoms with E-state index in [1.54, 1.807) is 0 Å². The van der Waals surface area contributed by atoms with E-state index in [-0.39, 0.29) is 0 Å². The van der Waals surface area contributed by atoms with Gasteiger partial charge in [0.25, 0.3) is 0 Å². The zero-order chi connectivity index (χ0) is 14.0. The maximum atomic E-state index is 5.77. The molecule has 0 aliphatic heterocycles. The van der Waals surface area contributed by atoms with E-state index in [2.05, 4.69) is 35.8 Å². The largest absolute Gasteiger partial charge is 0.388 e. The van der Waals surface area contributed by atoms with Crippen LogP contribution in [-0.4, -0.2) is 20.0 Å². The standard InChI is InChI=1S/C14H24N4S/c1-9(2)7-8-12-13(14(15)19)16-17-18(12)10(3)11-5-4-6-11/h9-11H,4-8H2,1-3H3,(H2,15,19). The van der Waals surface area contributed by atoms with Gasteiger partial charge in [-0.1, -0.05) is 37.7 Å². The lowest BCUT2D eigenvalue weighted by molar-refractivity contribution is 0.204. The van der Waals surface area contributed by atoms with Crippen LogP contribution in [0.25, 0.3) is 0 Å². The van der Waals surface area contributed by atoms with Gasteiger partial charge >= 0.3 is 0 Å². The van der Waals surface area contributed by atoms with E-state index >= 15 is 0 Å². The van der Waals surface area contributed by atoms with E-state index in [4.69, 9.17) is 18.0 Å². The Hall–Kier alpha value is -0.970. The Labute approximate surface area is 120 Å². The smallest absolute Gasteiger partial charge is 0.143 e. The molecule has 1 fully saturated rings. The summed E-state index contributed by atoms with van der Waals surface area (Å²) in [6, 6.07) is 0.409. The maximum Gasteiger partial charge on any atom is 0.143 e. The summed E-state index contributed by atoms with van der Waals surface area (Å²) in [6.07, 6.45) is 6.00. The van der Waals surface area contributed by atoms with E-state index in [0.717, 1.165) is 30.1 Å². The number of hydrogen-bond donors (Lipinski definition) is 1. The molecule has 1 aliphatic carbocycles. The van der Waals surface area contributed by atoms with Crippen molar-refractivity contribution in [3.8, 4) is 0 Å². The highest BCUT2D eigenvalue weighted by atomic mass is 32.1. The van der Waals surface area contributed by atoms with Crippen molar-refractivity contribution >= 4 is 17.2 Å². The van der Waals surface area contributed by atoms with Gasteiger partial charge in [0.1, 0.15) is 10.7 Å². The van der Waals surface area contributed by atoms with E-state index in [1.807, 2.05) is 0 Å². The molecule has 0 saturated heterocycles. The summed E-state index contributed by atoms with van der Waals surface area (Å²) in [5, 5.41) is 8.52. The minimum Gasteiger partial charge on any atom is -0.388 e. The molecule has 5 heteroatoms. The van der Waals surface area contributed by atoms with Crippen LogP contribution in [0, 0.1) is 11.8 Å². The molecule has 0 bridgehead atoms. The second kappa shape index (κ2) is 5.99. The topological polar surface area (TPSA) is 56.7 Å². The van der Waals surface area contributed by atoms with E-state index in [9.17, 15) is 0 Å². The lowest BCUT2D eigenvalue weighted by Crippen LogP contribution is -2.25. The van der Waals surface area contributed by atoms with Crippen LogP contribution in [0.3, 0.4) is 0 Å². The molecule has 1 heterocycles. The minimum absolute atomic E-state index is 0.366. The molecule has 0 spiro atoms. The summed E-state index contributed by atoms with van der Waals surface area (Å²) >= 11 is 5.10. The fourth-order valence-electron chi connectivity index (χ4n) is 2.61. The zero-order valence-corrected chi connectivity index (χ0v) is 12.9. The SMILES string of the molecule is CC(C)CCc1c(C(N)=S)nnn1C(C)C1CCC1. The van der Waals surface area contributed by atoms with Crippen LogP contribution in [-0.2, 0) is 6.42 Å². The molecule has 1 aromatic heterocycles. The number of thiocarbonyl (C=S) groups is 1. The average molecular weight is 280 g/mol. The molecule has 4 nitrogen and oxygen atoms in total. The van der Waals surface area contributed by atoms with Crippen molar-refractivity contribution < 1.29 is 0 Å². The number of aromatic nitrogens is 3. The number of nitrogens with zero attached hydrogens (tertiary/aromatic N) is 3. The van der Waals surface area contributed by atoms with Gasteiger partial charge < -0.3 is 5.73 Å². The molecule has 1 aromatic rings. The maximum absolute atomic E-state index is 5.77. The molecule has 2 N–H and O–H groups in total. The highest BCUT2D eigenvalue weighted by molar-refractivity contribution is 7.80. The summed E-state index contributed by atoms with van der Waals surface area (Å²) < 4.78 is 2.07. The Bertz CT molecular complexity index is 448. The third-order valence-corrected chi connectivity index (χ3v) is 4.39. The van der Waals surface area contributed by atoms with Crippen LogP contribution in [0.15, 0.2) is 0 Å². The van der Waals surface area contributed by atoms with E-state index in [1.165, 1.54) is 19.3 Å². The first-order valence-electron chi connectivity index (χ1n) is 7.24. The van der Waals surface area contributed by atoms with Crippen molar-refractivity contribution in [2.75, 3.05) is 0 Å². The first-order valence-corrected chi connectivity index (χ1v) is 7.65. The van der Waals surface area contributed by atoms with Gasteiger partial charge in [0.2, 0.25) is 0 Å². The fourth-order valence-corrected chi connectivity index (χ4v) is 2.77. The Balaban J connectivity index is 2.23. The van der Waals surface area contributed by atoms with Gasteiger partial charge in [-0.25, -0.2) is 4.68 Å². The van der Waals surface area contributed by atoms with Gasteiger partial charge in [0.15, 0.2) is 0 Å². The van der Waals surface area contributed by atoms with Gasteiger partial charge in [0.05, 0.1) is 11.7 Å². The lowest BCUT2D eigenvalue weighted by Gasteiger charge is -2.32. The van der Waals surface area contributed by atoms with Crippen LogP contribution < -0.4 is 5.73 Å². The predicted octanol–water partition coefficient (Wildman–Crippen LogP) is 2.86. The third kappa shape index (κ3) is 3.14. The van der Waals surface area contributed by atoms with Crippen molar-refractivity contribution in [2.45, 2.75) is 58.9 Å². The molecule has 19 heavy (non-hydrogen) atoms. The molecule has 2 rings (SSSR count). The first-order chi connectivity index (χ1) is 9.00. The normalized spacial score (nSPS) is 17.5. The summed E-state index contributed by atoms with van der Waals surface area (Å²) in [7, 11) is 0. The second-order valence-corrected chi connectivity index (χ2v) is 6.50. The van der Waals surface area contributed by atoms with Crippen molar-refractivity contribution in [1.29, 1.82) is 0 Å². The molecule has 0 amide bonds. The highest BCUT2D eigenvalue weighted by Gasteiger charge is 2.28. The zero-order valence-electron chi connectivity index (χ0n) is 12.1. The Kier molecular flexibility index (Phi) is 4.55. The third-order valence-electron chi connectivity index (χ3n) is 4.20. The summed E-state index contributed by atoms with van der Waals surface area (Å²) in [6.45, 7) is 6.69. The molecule has 0 radical (unpaired) electrons. The molecule has 1 unspecified atom stereocenters. The molecule has 0 aromatic carbocycles. The molecular weight excluding hydrogens is 256 g/mol. The summed E-state index contributed by atoms with van der Waals surface area (Å²) in [5.74, 6) is 1.39. The molecule has 1 aliphatic rings. The van der Waals surface area contributed by atoms with Crippen molar-refractivity contribution in [3.63, 3.8) is 0 Å². The van der Waals surface area contributed by atoms with Crippen LogP contribution >= 0.6 is 12.2 Å². The van der Waals surface area contributed by atoms with Gasteiger partial charge in [-0.15, -0.1) is 5.10 Å². The first kappa shape index (κ1) is 14.4. The Morgan fingerprint density at radius 3 is 2.58 bits per heavy atom. The van der Waals surface area contributed by atoms with Crippen LogP contribution in [0.5, 0.6) is 0 Å². The summed E-state index contributed by atoms with van der Waals surface area (Å²) in [4.78, 5) is 0.366. The van der Waals surface area contributed by atoms with Crippen LogP contribution in [0.1, 0.15) is 63.9 Å². The molecule has 106 valence electrons. The number of hydrogen-bond acceptors (Lipinski definition) is 3. The van der Waals surface area contributed by atoms with Crippen LogP contribution in [0.2, 0.25) is 0 Å². The quantitative estimate of drug-likeness (QED) is 0.814. The average Bonchev–Trinajstić information content (AvgIpc) is 2.67. The number of nitrogens with two attached hydrogens (primary N) is 1. The summed E-state index contributed by atoms with van der Waals surface area (Å²) in [5.41, 5.74) is 7.62. The molecule has 1 saturated carbocycles. The molecular formula is C14H24N4S. The highest BCUT2D eigenvalue weighted by Crippen LogP contribution is 2.36. The van der Waals surface area contributed by atoms with E-state index < -0.39 is 0 Å². The monoisotopic (exact) mass is 280 g/mol. The van der Waals surface area contributed by atoms with Gasteiger partial charge in [-0.3, -0.25) is 0 Å². The predicted molar refractivity (Wildman–Crippen MR) is 81.1 cm³/mol. The van der Waals surface area contributed by atoms with Crippen LogP contribution in [0.4, 0.5) is 0 Å².